The molecule has 4 nitrogen and oxygen atoms in total. The number of carbonyl (C=O) groups is 1. The zero-order chi connectivity index (χ0) is 13.9. The van der Waals surface area contributed by atoms with Crippen molar-refractivity contribution in [3.05, 3.63) is 35.9 Å². The largest absolute Gasteiger partial charge is 0.388 e. The van der Waals surface area contributed by atoms with Crippen molar-refractivity contribution in [1.29, 1.82) is 0 Å². The first kappa shape index (κ1) is 13.6. The second-order valence-corrected chi connectivity index (χ2v) is 5.70. The molecular weight excluding hydrogens is 254 g/mol. The van der Waals surface area contributed by atoms with E-state index in [0.717, 1.165) is 5.56 Å². The highest BCUT2D eigenvalue weighted by molar-refractivity contribution is 5.77. The molecule has 1 amide bonds. The lowest BCUT2D eigenvalue weighted by Gasteiger charge is -2.36. The lowest BCUT2D eigenvalue weighted by Crippen LogP contribution is -2.50. The van der Waals surface area contributed by atoms with E-state index in [1.54, 1.807) is 0 Å². The average Bonchev–Trinajstić information content (AvgIpc) is 3.32. The maximum atomic E-state index is 12.4. The quantitative estimate of drug-likeness (QED) is 0.910. The van der Waals surface area contributed by atoms with Gasteiger partial charge in [-0.1, -0.05) is 30.3 Å². The molecule has 2 atom stereocenters. The summed E-state index contributed by atoms with van der Waals surface area (Å²) in [6.45, 7) is 1.91. The predicted octanol–water partition coefficient (Wildman–Crippen LogP) is 1.75. The molecule has 20 heavy (non-hydrogen) atoms. The fourth-order valence-corrected chi connectivity index (χ4v) is 2.88. The SMILES string of the molecule is O=C(CC(O)c1ccccc1)N1CCOCC1C1CC1. The molecular formula is C16H21NO3. The van der Waals surface area contributed by atoms with Crippen molar-refractivity contribution < 1.29 is 14.6 Å². The van der Waals surface area contributed by atoms with E-state index in [9.17, 15) is 9.90 Å². The lowest BCUT2D eigenvalue weighted by atomic mass is 10.0. The third-order valence-corrected chi connectivity index (χ3v) is 4.20. The molecule has 1 saturated heterocycles. The van der Waals surface area contributed by atoms with Crippen molar-refractivity contribution in [3.8, 4) is 0 Å². The summed E-state index contributed by atoms with van der Waals surface area (Å²) in [6, 6.07) is 9.60. The van der Waals surface area contributed by atoms with Crippen molar-refractivity contribution in [2.24, 2.45) is 5.92 Å². The summed E-state index contributed by atoms with van der Waals surface area (Å²) in [7, 11) is 0. The number of nitrogens with zero attached hydrogens (tertiary/aromatic N) is 1. The standard InChI is InChI=1S/C16H21NO3/c18-15(13-4-2-1-3-5-13)10-16(19)17-8-9-20-11-14(17)12-6-7-12/h1-5,12,14-15,18H,6-11H2. The van der Waals surface area contributed by atoms with E-state index < -0.39 is 6.10 Å². The minimum absolute atomic E-state index is 0.0431. The second kappa shape index (κ2) is 5.94. The smallest absolute Gasteiger partial charge is 0.225 e. The van der Waals surface area contributed by atoms with Crippen LogP contribution >= 0.6 is 0 Å². The third-order valence-electron chi connectivity index (χ3n) is 4.20. The van der Waals surface area contributed by atoms with Crippen LogP contribution in [-0.4, -0.2) is 41.7 Å². The summed E-state index contributed by atoms with van der Waals surface area (Å²) >= 11 is 0. The number of benzene rings is 1. The molecule has 0 bridgehead atoms. The van der Waals surface area contributed by atoms with Crippen molar-refractivity contribution in [3.63, 3.8) is 0 Å². The maximum absolute atomic E-state index is 12.4. The summed E-state index contributed by atoms with van der Waals surface area (Å²) in [5, 5.41) is 10.2. The number of aliphatic hydroxyl groups excluding tert-OH is 1. The molecule has 2 unspecified atom stereocenters. The molecule has 1 aromatic carbocycles. The van der Waals surface area contributed by atoms with Crippen LogP contribution in [0.25, 0.3) is 0 Å². The highest BCUT2D eigenvalue weighted by atomic mass is 16.5. The van der Waals surface area contributed by atoms with Crippen LogP contribution in [-0.2, 0) is 9.53 Å². The Hall–Kier alpha value is -1.39. The van der Waals surface area contributed by atoms with Crippen LogP contribution in [0.3, 0.4) is 0 Å². The Morgan fingerprint density at radius 2 is 2.10 bits per heavy atom. The first-order chi connectivity index (χ1) is 9.75. The summed E-state index contributed by atoms with van der Waals surface area (Å²) in [4.78, 5) is 14.4. The number of ether oxygens (including phenoxy) is 1. The Labute approximate surface area is 119 Å². The van der Waals surface area contributed by atoms with Crippen LogP contribution in [0.4, 0.5) is 0 Å². The molecule has 1 aliphatic heterocycles. The van der Waals surface area contributed by atoms with Gasteiger partial charge in [0.05, 0.1) is 31.8 Å². The van der Waals surface area contributed by atoms with E-state index in [2.05, 4.69) is 0 Å². The number of hydrogen-bond donors (Lipinski definition) is 1. The van der Waals surface area contributed by atoms with Gasteiger partial charge in [-0.2, -0.15) is 0 Å². The van der Waals surface area contributed by atoms with Crippen molar-refractivity contribution in [2.75, 3.05) is 19.8 Å². The molecule has 1 saturated carbocycles. The van der Waals surface area contributed by atoms with E-state index in [4.69, 9.17) is 4.74 Å². The number of amides is 1. The van der Waals surface area contributed by atoms with Gasteiger partial charge in [-0.25, -0.2) is 0 Å². The summed E-state index contributed by atoms with van der Waals surface area (Å²) in [6.07, 6.45) is 1.83. The van der Waals surface area contributed by atoms with Crippen LogP contribution in [0.5, 0.6) is 0 Å². The lowest BCUT2D eigenvalue weighted by molar-refractivity contribution is -0.142. The van der Waals surface area contributed by atoms with Crippen LogP contribution < -0.4 is 0 Å². The highest BCUT2D eigenvalue weighted by Gasteiger charge is 2.39. The first-order valence-corrected chi connectivity index (χ1v) is 7.36. The van der Waals surface area contributed by atoms with Gasteiger partial charge in [-0.15, -0.1) is 0 Å². The van der Waals surface area contributed by atoms with Crippen LogP contribution in [0, 0.1) is 5.92 Å². The number of carbonyl (C=O) groups excluding carboxylic acids is 1. The maximum Gasteiger partial charge on any atom is 0.225 e. The molecule has 0 radical (unpaired) electrons. The molecule has 3 rings (SSSR count). The molecule has 1 aliphatic carbocycles. The molecule has 2 aliphatic rings. The number of morpholine rings is 1. The summed E-state index contributed by atoms with van der Waals surface area (Å²) in [5.41, 5.74) is 0.803. The Balaban J connectivity index is 1.62. The summed E-state index contributed by atoms with van der Waals surface area (Å²) < 4.78 is 5.50. The van der Waals surface area contributed by atoms with Crippen molar-refractivity contribution in [2.45, 2.75) is 31.4 Å². The van der Waals surface area contributed by atoms with Crippen LogP contribution in [0.2, 0.25) is 0 Å². The van der Waals surface area contributed by atoms with E-state index >= 15 is 0 Å². The minimum atomic E-state index is -0.716. The normalized spacial score (nSPS) is 24.4. The van der Waals surface area contributed by atoms with E-state index in [1.807, 2.05) is 35.2 Å². The molecule has 1 heterocycles. The van der Waals surface area contributed by atoms with Gasteiger partial charge >= 0.3 is 0 Å². The van der Waals surface area contributed by atoms with Gasteiger partial charge in [0, 0.05) is 6.54 Å². The predicted molar refractivity (Wildman–Crippen MR) is 75.1 cm³/mol. The third kappa shape index (κ3) is 3.02. The van der Waals surface area contributed by atoms with Crippen molar-refractivity contribution in [1.82, 2.24) is 4.90 Å². The Morgan fingerprint density at radius 1 is 1.35 bits per heavy atom. The molecule has 2 fully saturated rings. The Morgan fingerprint density at radius 3 is 2.80 bits per heavy atom. The van der Waals surface area contributed by atoms with E-state index in [-0.39, 0.29) is 18.4 Å². The zero-order valence-electron chi connectivity index (χ0n) is 11.6. The molecule has 0 spiro atoms. The van der Waals surface area contributed by atoms with Gasteiger partial charge in [-0.3, -0.25) is 4.79 Å². The fourth-order valence-electron chi connectivity index (χ4n) is 2.88. The van der Waals surface area contributed by atoms with E-state index in [1.165, 1.54) is 12.8 Å². The van der Waals surface area contributed by atoms with Gasteiger partial charge in [-0.05, 0) is 24.3 Å². The minimum Gasteiger partial charge on any atom is -0.388 e. The monoisotopic (exact) mass is 275 g/mol. The van der Waals surface area contributed by atoms with E-state index in [0.29, 0.717) is 25.7 Å². The zero-order valence-corrected chi connectivity index (χ0v) is 11.6. The summed E-state index contributed by atoms with van der Waals surface area (Å²) in [5.74, 6) is 0.648. The fraction of sp³-hybridized carbons (Fsp3) is 0.562. The topological polar surface area (TPSA) is 49.8 Å². The Bertz CT molecular complexity index is 458. The van der Waals surface area contributed by atoms with Crippen LogP contribution in [0.15, 0.2) is 30.3 Å². The van der Waals surface area contributed by atoms with Crippen LogP contribution in [0.1, 0.15) is 30.9 Å². The van der Waals surface area contributed by atoms with Crippen molar-refractivity contribution >= 4 is 5.91 Å². The molecule has 1 N–H and O–H groups in total. The number of hydrogen-bond acceptors (Lipinski definition) is 3. The Kier molecular flexibility index (Phi) is 4.03. The van der Waals surface area contributed by atoms with Gasteiger partial charge in [0.15, 0.2) is 0 Å². The molecule has 0 aromatic heterocycles. The van der Waals surface area contributed by atoms with Gasteiger partial charge in [0.25, 0.3) is 0 Å². The van der Waals surface area contributed by atoms with Gasteiger partial charge < -0.3 is 14.7 Å². The van der Waals surface area contributed by atoms with Gasteiger partial charge in [0.2, 0.25) is 5.91 Å². The second-order valence-electron chi connectivity index (χ2n) is 5.70. The van der Waals surface area contributed by atoms with Gasteiger partial charge in [0.1, 0.15) is 0 Å². The highest BCUT2D eigenvalue weighted by Crippen LogP contribution is 2.37. The average molecular weight is 275 g/mol. The number of rotatable bonds is 4. The molecule has 1 aromatic rings. The first-order valence-electron chi connectivity index (χ1n) is 7.36. The number of aliphatic hydroxyl groups is 1. The molecule has 108 valence electrons. The molecule has 4 heteroatoms.